The molecule has 0 aromatic carbocycles. The summed E-state index contributed by atoms with van der Waals surface area (Å²) in [4.78, 5) is 13.2. The van der Waals surface area contributed by atoms with Gasteiger partial charge in [0.15, 0.2) is 0 Å². The molecule has 1 saturated carbocycles. The molecule has 0 amide bonds. The zero-order chi connectivity index (χ0) is 12.4. The van der Waals surface area contributed by atoms with Crippen LogP contribution in [0.1, 0.15) is 34.9 Å². The van der Waals surface area contributed by atoms with E-state index in [1.54, 1.807) is 11.3 Å². The molecule has 0 bridgehead atoms. The summed E-state index contributed by atoms with van der Waals surface area (Å²) in [7, 11) is 0. The van der Waals surface area contributed by atoms with E-state index in [0.717, 1.165) is 41.1 Å². The Bertz CT molecular complexity index is 516. The summed E-state index contributed by atoms with van der Waals surface area (Å²) < 4.78 is 0. The summed E-state index contributed by atoms with van der Waals surface area (Å²) in [6.45, 7) is 2.89. The molecule has 0 aliphatic heterocycles. The van der Waals surface area contributed by atoms with E-state index in [2.05, 4.69) is 25.6 Å². The highest BCUT2D eigenvalue weighted by Crippen LogP contribution is 2.19. The fourth-order valence-corrected chi connectivity index (χ4v) is 2.38. The summed E-state index contributed by atoms with van der Waals surface area (Å²) in [5, 5.41) is 6.62. The molecule has 5 heteroatoms. The van der Waals surface area contributed by atoms with Gasteiger partial charge >= 0.3 is 0 Å². The molecule has 1 fully saturated rings. The molecule has 0 saturated heterocycles. The van der Waals surface area contributed by atoms with Crippen molar-refractivity contribution in [1.29, 1.82) is 0 Å². The van der Waals surface area contributed by atoms with Gasteiger partial charge in [-0.05, 0) is 19.8 Å². The van der Waals surface area contributed by atoms with Crippen LogP contribution in [-0.4, -0.2) is 21.0 Å². The minimum Gasteiger partial charge on any atom is -0.310 e. The lowest BCUT2D eigenvalue weighted by Gasteiger charge is -2.03. The number of aryl methyl sites for hydroxylation is 1. The zero-order valence-corrected chi connectivity index (χ0v) is 11.2. The second-order valence-electron chi connectivity index (χ2n) is 4.70. The highest BCUT2D eigenvalue weighted by molar-refractivity contribution is 7.09. The molecule has 1 N–H and O–H groups in total. The first-order valence-electron chi connectivity index (χ1n) is 6.24. The molecule has 0 spiro atoms. The minimum atomic E-state index is 0.723. The van der Waals surface area contributed by atoms with E-state index in [4.69, 9.17) is 0 Å². The molecule has 0 radical (unpaired) electrons. The number of thiazole rings is 1. The van der Waals surface area contributed by atoms with Crippen LogP contribution < -0.4 is 5.32 Å². The molecule has 2 aromatic rings. The second-order valence-corrected chi connectivity index (χ2v) is 5.76. The van der Waals surface area contributed by atoms with Gasteiger partial charge in [0, 0.05) is 35.9 Å². The summed E-state index contributed by atoms with van der Waals surface area (Å²) >= 11 is 1.67. The second kappa shape index (κ2) is 5.12. The van der Waals surface area contributed by atoms with E-state index in [1.165, 1.54) is 12.8 Å². The van der Waals surface area contributed by atoms with Crippen LogP contribution >= 0.6 is 11.3 Å². The van der Waals surface area contributed by atoms with E-state index in [-0.39, 0.29) is 0 Å². The predicted molar refractivity (Wildman–Crippen MR) is 71.6 cm³/mol. The molecule has 18 heavy (non-hydrogen) atoms. The van der Waals surface area contributed by atoms with Crippen molar-refractivity contribution in [3.05, 3.63) is 39.9 Å². The van der Waals surface area contributed by atoms with Gasteiger partial charge in [0.05, 0.1) is 17.1 Å². The number of hydrogen-bond acceptors (Lipinski definition) is 5. The minimum absolute atomic E-state index is 0.723. The van der Waals surface area contributed by atoms with Crippen LogP contribution in [-0.2, 0) is 13.0 Å². The number of nitrogens with one attached hydrogen (secondary N) is 1. The lowest BCUT2D eigenvalue weighted by atomic mass is 10.3. The van der Waals surface area contributed by atoms with Gasteiger partial charge in [-0.15, -0.1) is 11.3 Å². The first-order valence-corrected chi connectivity index (χ1v) is 7.12. The Morgan fingerprint density at radius 1 is 1.33 bits per heavy atom. The quantitative estimate of drug-likeness (QED) is 0.894. The van der Waals surface area contributed by atoms with Crippen LogP contribution in [0.3, 0.4) is 0 Å². The van der Waals surface area contributed by atoms with Crippen LogP contribution in [0.4, 0.5) is 0 Å². The van der Waals surface area contributed by atoms with E-state index >= 15 is 0 Å². The molecule has 3 rings (SSSR count). The van der Waals surface area contributed by atoms with Crippen molar-refractivity contribution < 1.29 is 0 Å². The van der Waals surface area contributed by atoms with Gasteiger partial charge in [-0.25, -0.2) is 15.0 Å². The van der Waals surface area contributed by atoms with Crippen LogP contribution in [0.2, 0.25) is 0 Å². The molecule has 0 unspecified atom stereocenters. The first kappa shape index (κ1) is 11.7. The van der Waals surface area contributed by atoms with Crippen LogP contribution in [0.25, 0.3) is 0 Å². The predicted octanol–water partition coefficient (Wildman–Crippen LogP) is 2.08. The number of hydrogen-bond donors (Lipinski definition) is 1. The summed E-state index contributed by atoms with van der Waals surface area (Å²) in [6, 6.07) is 0.725. The molecule has 4 nitrogen and oxygen atoms in total. The number of rotatable bonds is 5. The maximum atomic E-state index is 4.42. The van der Waals surface area contributed by atoms with E-state index in [1.807, 2.05) is 19.3 Å². The molecule has 1 aliphatic carbocycles. The maximum Gasteiger partial charge on any atom is 0.134 e. The average Bonchev–Trinajstić information content (AvgIpc) is 3.12. The Labute approximate surface area is 111 Å². The Balaban J connectivity index is 1.59. The maximum absolute atomic E-state index is 4.42. The molecular formula is C13H16N4S. The SMILES string of the molecule is Cc1nc(Cc2ncc(CNC3CC3)cn2)cs1. The highest BCUT2D eigenvalue weighted by atomic mass is 32.1. The molecule has 2 heterocycles. The lowest BCUT2D eigenvalue weighted by Crippen LogP contribution is -2.15. The van der Waals surface area contributed by atoms with Crippen molar-refractivity contribution in [2.24, 2.45) is 0 Å². The van der Waals surface area contributed by atoms with E-state index < -0.39 is 0 Å². The third-order valence-electron chi connectivity index (χ3n) is 2.94. The van der Waals surface area contributed by atoms with Crippen molar-refractivity contribution >= 4 is 11.3 Å². The standard InChI is InChI=1S/C13H16N4S/c1-9-17-12(8-18-9)4-13-15-6-10(7-16-13)5-14-11-2-3-11/h6-8,11,14H,2-5H2,1H3. The first-order chi connectivity index (χ1) is 8.79. The van der Waals surface area contributed by atoms with Gasteiger partial charge in [0.1, 0.15) is 5.82 Å². The van der Waals surface area contributed by atoms with Gasteiger partial charge in [-0.1, -0.05) is 0 Å². The third kappa shape index (κ3) is 3.11. The Morgan fingerprint density at radius 2 is 2.11 bits per heavy atom. The van der Waals surface area contributed by atoms with E-state index in [9.17, 15) is 0 Å². The van der Waals surface area contributed by atoms with Gasteiger partial charge in [-0.3, -0.25) is 0 Å². The largest absolute Gasteiger partial charge is 0.310 e. The molecule has 2 aromatic heterocycles. The van der Waals surface area contributed by atoms with Crippen molar-refractivity contribution in [2.45, 2.75) is 38.8 Å². The Hall–Kier alpha value is -1.33. The molecule has 0 atom stereocenters. The zero-order valence-electron chi connectivity index (χ0n) is 10.4. The van der Waals surface area contributed by atoms with Crippen molar-refractivity contribution in [2.75, 3.05) is 0 Å². The van der Waals surface area contributed by atoms with Crippen molar-refractivity contribution in [3.8, 4) is 0 Å². The average molecular weight is 260 g/mol. The van der Waals surface area contributed by atoms with Crippen molar-refractivity contribution in [1.82, 2.24) is 20.3 Å². The normalized spacial score (nSPS) is 14.9. The molecule has 94 valence electrons. The Kier molecular flexibility index (Phi) is 3.34. The topological polar surface area (TPSA) is 50.7 Å². The van der Waals surface area contributed by atoms with Gasteiger partial charge in [-0.2, -0.15) is 0 Å². The highest BCUT2D eigenvalue weighted by Gasteiger charge is 2.19. The van der Waals surface area contributed by atoms with Gasteiger partial charge in [0.2, 0.25) is 0 Å². The molecular weight excluding hydrogens is 244 g/mol. The van der Waals surface area contributed by atoms with Crippen LogP contribution in [0, 0.1) is 6.92 Å². The smallest absolute Gasteiger partial charge is 0.134 e. The number of nitrogens with zero attached hydrogens (tertiary/aromatic N) is 3. The van der Waals surface area contributed by atoms with Gasteiger partial charge < -0.3 is 5.32 Å². The number of aromatic nitrogens is 3. The third-order valence-corrected chi connectivity index (χ3v) is 3.76. The summed E-state index contributed by atoms with van der Waals surface area (Å²) in [5.41, 5.74) is 2.21. The van der Waals surface area contributed by atoms with Crippen LogP contribution in [0.15, 0.2) is 17.8 Å². The Morgan fingerprint density at radius 3 is 2.72 bits per heavy atom. The molecule has 1 aliphatic rings. The van der Waals surface area contributed by atoms with Crippen LogP contribution in [0.5, 0.6) is 0 Å². The fourth-order valence-electron chi connectivity index (χ4n) is 1.77. The summed E-state index contributed by atoms with van der Waals surface area (Å²) in [5.74, 6) is 0.843. The van der Waals surface area contributed by atoms with E-state index in [0.29, 0.717) is 0 Å². The fraction of sp³-hybridized carbons (Fsp3) is 0.462. The lowest BCUT2D eigenvalue weighted by molar-refractivity contribution is 0.681. The van der Waals surface area contributed by atoms with Gasteiger partial charge in [0.25, 0.3) is 0 Å². The summed E-state index contributed by atoms with van der Waals surface area (Å²) in [6.07, 6.45) is 7.17. The monoisotopic (exact) mass is 260 g/mol. The van der Waals surface area contributed by atoms with Crippen molar-refractivity contribution in [3.63, 3.8) is 0 Å².